The molecule has 2 rings (SSSR count). The van der Waals surface area contributed by atoms with E-state index in [4.69, 9.17) is 27.4 Å². The van der Waals surface area contributed by atoms with Crippen LogP contribution in [-0.2, 0) is 11.3 Å². The summed E-state index contributed by atoms with van der Waals surface area (Å²) >= 11 is 4.88. The highest BCUT2D eigenvalue weighted by Crippen LogP contribution is 2.08. The second kappa shape index (κ2) is 7.57. The molecule has 0 aliphatic heterocycles. The summed E-state index contributed by atoms with van der Waals surface area (Å²) in [6.07, 6.45) is 1.67. The molecular formula is C15H16N2O2S. The third kappa shape index (κ3) is 4.60. The SMILES string of the molecule is NC(=S)c1cc(COCCOc2ccccc2)ccn1. The highest BCUT2D eigenvalue weighted by molar-refractivity contribution is 7.80. The number of nitrogens with two attached hydrogens (primary N) is 1. The van der Waals surface area contributed by atoms with Crippen LogP contribution in [0.2, 0.25) is 0 Å². The number of rotatable bonds is 7. The Bertz CT molecular complexity index is 561. The van der Waals surface area contributed by atoms with Crippen molar-refractivity contribution in [3.8, 4) is 5.75 Å². The lowest BCUT2D eigenvalue weighted by molar-refractivity contribution is 0.0889. The van der Waals surface area contributed by atoms with E-state index in [0.717, 1.165) is 11.3 Å². The summed E-state index contributed by atoms with van der Waals surface area (Å²) < 4.78 is 11.1. The van der Waals surface area contributed by atoms with E-state index in [-0.39, 0.29) is 0 Å². The van der Waals surface area contributed by atoms with Crippen molar-refractivity contribution in [3.63, 3.8) is 0 Å². The van der Waals surface area contributed by atoms with Crippen LogP contribution >= 0.6 is 12.2 Å². The number of thiocarbonyl (C=S) groups is 1. The molecule has 1 aromatic heterocycles. The van der Waals surface area contributed by atoms with Gasteiger partial charge in [0, 0.05) is 6.20 Å². The Morgan fingerprint density at radius 2 is 1.95 bits per heavy atom. The third-order valence-electron chi connectivity index (χ3n) is 2.59. The Kier molecular flexibility index (Phi) is 5.46. The number of hydrogen-bond acceptors (Lipinski definition) is 4. The molecule has 2 N–H and O–H groups in total. The quantitative estimate of drug-likeness (QED) is 0.626. The molecule has 0 aliphatic carbocycles. The van der Waals surface area contributed by atoms with Crippen LogP contribution in [-0.4, -0.2) is 23.2 Å². The van der Waals surface area contributed by atoms with E-state index in [1.54, 1.807) is 6.20 Å². The molecule has 1 aromatic carbocycles. The van der Waals surface area contributed by atoms with Gasteiger partial charge in [-0.2, -0.15) is 0 Å². The van der Waals surface area contributed by atoms with Crippen LogP contribution in [0, 0.1) is 0 Å². The van der Waals surface area contributed by atoms with Crippen molar-refractivity contribution >= 4 is 17.2 Å². The summed E-state index contributed by atoms with van der Waals surface area (Å²) in [7, 11) is 0. The molecule has 0 radical (unpaired) electrons. The van der Waals surface area contributed by atoms with Crippen molar-refractivity contribution in [2.45, 2.75) is 6.61 Å². The molecule has 104 valence electrons. The first-order chi connectivity index (χ1) is 9.75. The fourth-order valence-corrected chi connectivity index (χ4v) is 1.74. The molecule has 2 aromatic rings. The Morgan fingerprint density at radius 1 is 1.15 bits per heavy atom. The van der Waals surface area contributed by atoms with Crippen molar-refractivity contribution in [2.24, 2.45) is 5.73 Å². The molecule has 0 saturated carbocycles. The van der Waals surface area contributed by atoms with Crippen LogP contribution in [0.1, 0.15) is 11.3 Å². The van der Waals surface area contributed by atoms with E-state index in [0.29, 0.717) is 30.5 Å². The first-order valence-electron chi connectivity index (χ1n) is 6.26. The van der Waals surface area contributed by atoms with Crippen molar-refractivity contribution < 1.29 is 9.47 Å². The molecule has 5 heteroatoms. The van der Waals surface area contributed by atoms with Gasteiger partial charge in [-0.15, -0.1) is 0 Å². The van der Waals surface area contributed by atoms with Crippen molar-refractivity contribution in [1.29, 1.82) is 0 Å². The van der Waals surface area contributed by atoms with E-state index < -0.39 is 0 Å². The molecule has 0 amide bonds. The zero-order chi connectivity index (χ0) is 14.2. The number of ether oxygens (including phenoxy) is 2. The standard InChI is InChI=1S/C15H16N2O2S/c16-15(20)14-10-12(6-7-17-14)11-18-8-9-19-13-4-2-1-3-5-13/h1-7,10H,8-9,11H2,(H2,16,20). The minimum atomic E-state index is 0.291. The van der Waals surface area contributed by atoms with Gasteiger partial charge >= 0.3 is 0 Å². The van der Waals surface area contributed by atoms with E-state index in [1.165, 1.54) is 0 Å². The Hall–Kier alpha value is -1.98. The maximum absolute atomic E-state index is 5.54. The summed E-state index contributed by atoms with van der Waals surface area (Å²) in [6, 6.07) is 13.4. The minimum absolute atomic E-state index is 0.291. The summed E-state index contributed by atoms with van der Waals surface area (Å²) in [6.45, 7) is 1.51. The predicted octanol–water partition coefficient (Wildman–Crippen LogP) is 2.31. The van der Waals surface area contributed by atoms with Gasteiger partial charge in [0.1, 0.15) is 17.3 Å². The van der Waals surface area contributed by atoms with Crippen LogP contribution < -0.4 is 10.5 Å². The maximum Gasteiger partial charge on any atom is 0.122 e. The molecule has 0 saturated heterocycles. The normalized spacial score (nSPS) is 10.2. The zero-order valence-corrected chi connectivity index (χ0v) is 11.8. The maximum atomic E-state index is 5.54. The summed E-state index contributed by atoms with van der Waals surface area (Å²) in [5.74, 6) is 0.843. The third-order valence-corrected chi connectivity index (χ3v) is 2.79. The number of pyridine rings is 1. The van der Waals surface area contributed by atoms with E-state index in [1.807, 2.05) is 42.5 Å². The molecule has 20 heavy (non-hydrogen) atoms. The topological polar surface area (TPSA) is 57.4 Å². The first kappa shape index (κ1) is 14.4. The Balaban J connectivity index is 1.71. The molecule has 0 fully saturated rings. The number of nitrogens with zero attached hydrogens (tertiary/aromatic N) is 1. The van der Waals surface area contributed by atoms with Gasteiger partial charge in [0.15, 0.2) is 0 Å². The van der Waals surface area contributed by atoms with Gasteiger partial charge in [0.05, 0.1) is 18.9 Å². The number of hydrogen-bond donors (Lipinski definition) is 1. The fourth-order valence-electron chi connectivity index (χ4n) is 1.62. The van der Waals surface area contributed by atoms with Gasteiger partial charge in [-0.05, 0) is 29.8 Å². The summed E-state index contributed by atoms with van der Waals surface area (Å²) in [4.78, 5) is 4.37. The van der Waals surface area contributed by atoms with Crippen LogP contribution in [0.5, 0.6) is 5.75 Å². The number of para-hydroxylation sites is 1. The molecule has 0 bridgehead atoms. The van der Waals surface area contributed by atoms with E-state index in [9.17, 15) is 0 Å². The van der Waals surface area contributed by atoms with Gasteiger partial charge in [-0.1, -0.05) is 30.4 Å². The fraction of sp³-hybridized carbons (Fsp3) is 0.200. The highest BCUT2D eigenvalue weighted by atomic mass is 32.1. The second-order valence-corrected chi connectivity index (χ2v) is 4.57. The molecule has 0 spiro atoms. The van der Waals surface area contributed by atoms with Crippen LogP contribution in [0.4, 0.5) is 0 Å². The smallest absolute Gasteiger partial charge is 0.122 e. The highest BCUT2D eigenvalue weighted by Gasteiger charge is 2.00. The van der Waals surface area contributed by atoms with E-state index >= 15 is 0 Å². The second-order valence-electron chi connectivity index (χ2n) is 4.13. The van der Waals surface area contributed by atoms with Crippen molar-refractivity contribution in [1.82, 2.24) is 4.98 Å². The predicted molar refractivity (Wildman–Crippen MR) is 81.7 cm³/mol. The molecule has 0 aliphatic rings. The molecule has 4 nitrogen and oxygen atoms in total. The van der Waals surface area contributed by atoms with Crippen LogP contribution in [0.15, 0.2) is 48.7 Å². The first-order valence-corrected chi connectivity index (χ1v) is 6.67. The zero-order valence-electron chi connectivity index (χ0n) is 11.0. The van der Waals surface area contributed by atoms with Crippen LogP contribution in [0.25, 0.3) is 0 Å². The van der Waals surface area contributed by atoms with Gasteiger partial charge in [0.25, 0.3) is 0 Å². The lowest BCUT2D eigenvalue weighted by atomic mass is 10.2. The van der Waals surface area contributed by atoms with Gasteiger partial charge < -0.3 is 15.2 Å². The average molecular weight is 288 g/mol. The van der Waals surface area contributed by atoms with Crippen LogP contribution in [0.3, 0.4) is 0 Å². The number of aromatic nitrogens is 1. The molecular weight excluding hydrogens is 272 g/mol. The Labute approximate surface area is 123 Å². The molecule has 0 atom stereocenters. The Morgan fingerprint density at radius 3 is 2.70 bits per heavy atom. The summed E-state index contributed by atoms with van der Waals surface area (Å²) in [5, 5.41) is 0. The van der Waals surface area contributed by atoms with Crippen molar-refractivity contribution in [3.05, 3.63) is 59.9 Å². The van der Waals surface area contributed by atoms with E-state index in [2.05, 4.69) is 4.98 Å². The molecule has 1 heterocycles. The van der Waals surface area contributed by atoms with Gasteiger partial charge in [-0.25, -0.2) is 0 Å². The monoisotopic (exact) mass is 288 g/mol. The van der Waals surface area contributed by atoms with Gasteiger partial charge in [-0.3, -0.25) is 4.98 Å². The molecule has 0 unspecified atom stereocenters. The number of benzene rings is 1. The minimum Gasteiger partial charge on any atom is -0.491 e. The largest absolute Gasteiger partial charge is 0.491 e. The lowest BCUT2D eigenvalue weighted by Gasteiger charge is -2.07. The van der Waals surface area contributed by atoms with Gasteiger partial charge in [0.2, 0.25) is 0 Å². The van der Waals surface area contributed by atoms with Crippen molar-refractivity contribution in [2.75, 3.05) is 13.2 Å². The lowest BCUT2D eigenvalue weighted by Crippen LogP contribution is -2.12. The summed E-state index contributed by atoms with van der Waals surface area (Å²) in [5.41, 5.74) is 7.13. The average Bonchev–Trinajstić information content (AvgIpc) is 2.48.